The number of rotatable bonds is 5. The van der Waals surface area contributed by atoms with Gasteiger partial charge in [0.05, 0.1) is 5.69 Å². The van der Waals surface area contributed by atoms with Crippen molar-refractivity contribution in [2.45, 2.75) is 13.8 Å². The third-order valence-corrected chi connectivity index (χ3v) is 5.22. The van der Waals surface area contributed by atoms with E-state index in [1.807, 2.05) is 68.4 Å². The topological polar surface area (TPSA) is 79.8 Å². The van der Waals surface area contributed by atoms with E-state index in [0.717, 1.165) is 32.5 Å². The van der Waals surface area contributed by atoms with Crippen molar-refractivity contribution in [3.05, 3.63) is 94.4 Å². The number of nitrogens with one attached hydrogen (secondary N) is 2. The van der Waals surface area contributed by atoms with E-state index in [-0.39, 0.29) is 5.91 Å². The van der Waals surface area contributed by atoms with E-state index < -0.39 is 0 Å². The fourth-order valence-electron chi connectivity index (χ4n) is 3.11. The van der Waals surface area contributed by atoms with Gasteiger partial charge < -0.3 is 10.6 Å². The standard InChI is InChI=1S/C24H20BrN5O/c1-15-5-3-4-6-20(15)23(31)28-19-8-7-16(2)22(12-19)30-24-27-10-9-21(29-24)17-11-18(25)14-26-13-17/h3-14H,1-2H3,(H,28,31)(H,27,29,30). The first kappa shape index (κ1) is 20.7. The molecule has 4 aromatic rings. The smallest absolute Gasteiger partial charge is 0.255 e. The van der Waals surface area contributed by atoms with E-state index in [1.54, 1.807) is 18.6 Å². The maximum atomic E-state index is 12.7. The van der Waals surface area contributed by atoms with Crippen LogP contribution >= 0.6 is 15.9 Å². The van der Waals surface area contributed by atoms with Crippen LogP contribution in [-0.2, 0) is 0 Å². The number of amides is 1. The van der Waals surface area contributed by atoms with Crippen molar-refractivity contribution in [1.82, 2.24) is 15.0 Å². The van der Waals surface area contributed by atoms with E-state index in [9.17, 15) is 4.79 Å². The molecule has 0 fully saturated rings. The van der Waals surface area contributed by atoms with Crippen LogP contribution in [0.25, 0.3) is 11.3 Å². The maximum absolute atomic E-state index is 12.7. The van der Waals surface area contributed by atoms with E-state index >= 15 is 0 Å². The molecule has 31 heavy (non-hydrogen) atoms. The fraction of sp³-hybridized carbons (Fsp3) is 0.0833. The van der Waals surface area contributed by atoms with E-state index in [1.165, 1.54) is 0 Å². The molecule has 154 valence electrons. The van der Waals surface area contributed by atoms with Crippen LogP contribution in [0.1, 0.15) is 21.5 Å². The SMILES string of the molecule is Cc1ccc(NC(=O)c2ccccc2C)cc1Nc1nccc(-c2cncc(Br)c2)n1. The van der Waals surface area contributed by atoms with Gasteiger partial charge >= 0.3 is 0 Å². The van der Waals surface area contributed by atoms with E-state index in [4.69, 9.17) is 0 Å². The Bertz CT molecular complexity index is 1260. The lowest BCUT2D eigenvalue weighted by atomic mass is 10.1. The van der Waals surface area contributed by atoms with Gasteiger partial charge in [0.25, 0.3) is 5.91 Å². The Morgan fingerprint density at radius 1 is 0.968 bits per heavy atom. The molecule has 0 bridgehead atoms. The number of carbonyl (C=O) groups is 1. The van der Waals surface area contributed by atoms with Crippen LogP contribution in [0.3, 0.4) is 0 Å². The normalized spacial score (nSPS) is 10.5. The molecule has 7 heteroatoms. The zero-order chi connectivity index (χ0) is 21.8. The number of aromatic nitrogens is 3. The molecule has 2 aromatic heterocycles. The summed E-state index contributed by atoms with van der Waals surface area (Å²) >= 11 is 3.43. The molecule has 0 spiro atoms. The molecule has 0 aliphatic rings. The summed E-state index contributed by atoms with van der Waals surface area (Å²) in [5.74, 6) is 0.316. The summed E-state index contributed by atoms with van der Waals surface area (Å²) in [6.45, 7) is 3.90. The number of benzene rings is 2. The van der Waals surface area contributed by atoms with E-state index in [2.05, 4.69) is 41.5 Å². The van der Waals surface area contributed by atoms with Gasteiger partial charge in [-0.15, -0.1) is 0 Å². The van der Waals surface area contributed by atoms with Gasteiger partial charge in [0, 0.05) is 45.6 Å². The summed E-state index contributed by atoms with van der Waals surface area (Å²) in [7, 11) is 0. The second-order valence-electron chi connectivity index (χ2n) is 7.08. The second kappa shape index (κ2) is 9.06. The molecule has 0 radical (unpaired) electrons. The molecule has 4 rings (SSSR count). The number of carbonyl (C=O) groups excluding carboxylic acids is 1. The third-order valence-electron chi connectivity index (χ3n) is 4.79. The maximum Gasteiger partial charge on any atom is 0.255 e. The minimum absolute atomic E-state index is 0.145. The average Bonchev–Trinajstić information content (AvgIpc) is 2.76. The van der Waals surface area contributed by atoms with Crippen molar-refractivity contribution < 1.29 is 4.79 Å². The van der Waals surface area contributed by atoms with Crippen LogP contribution in [0.2, 0.25) is 0 Å². The number of hydrogen-bond acceptors (Lipinski definition) is 5. The summed E-state index contributed by atoms with van der Waals surface area (Å²) in [6, 6.07) is 17.0. The minimum atomic E-state index is -0.145. The van der Waals surface area contributed by atoms with Gasteiger partial charge in [0.15, 0.2) is 0 Å². The van der Waals surface area contributed by atoms with Crippen LogP contribution in [0.5, 0.6) is 0 Å². The first-order valence-corrected chi connectivity index (χ1v) is 10.5. The van der Waals surface area contributed by atoms with Crippen molar-refractivity contribution >= 4 is 39.2 Å². The molecule has 2 N–H and O–H groups in total. The largest absolute Gasteiger partial charge is 0.324 e. The highest BCUT2D eigenvalue weighted by Crippen LogP contribution is 2.25. The van der Waals surface area contributed by atoms with Gasteiger partial charge in [-0.1, -0.05) is 24.3 Å². The molecule has 2 heterocycles. The van der Waals surface area contributed by atoms with Crippen LogP contribution in [0, 0.1) is 13.8 Å². The highest BCUT2D eigenvalue weighted by atomic mass is 79.9. The lowest BCUT2D eigenvalue weighted by molar-refractivity contribution is 0.102. The van der Waals surface area contributed by atoms with Crippen LogP contribution < -0.4 is 10.6 Å². The van der Waals surface area contributed by atoms with E-state index in [0.29, 0.717) is 17.2 Å². The lowest BCUT2D eigenvalue weighted by Crippen LogP contribution is -2.13. The number of aryl methyl sites for hydroxylation is 2. The van der Waals surface area contributed by atoms with Crippen molar-refractivity contribution in [2.75, 3.05) is 10.6 Å². The molecular weight excluding hydrogens is 454 g/mol. The van der Waals surface area contributed by atoms with Crippen LogP contribution in [0.15, 0.2) is 77.7 Å². The second-order valence-corrected chi connectivity index (χ2v) is 8.00. The number of halogens is 1. The van der Waals surface area contributed by atoms with Gasteiger partial charge in [-0.25, -0.2) is 9.97 Å². The Morgan fingerprint density at radius 3 is 2.61 bits per heavy atom. The van der Waals surface area contributed by atoms with Crippen molar-refractivity contribution in [1.29, 1.82) is 0 Å². The first-order valence-electron chi connectivity index (χ1n) is 9.68. The molecule has 2 aromatic carbocycles. The Hall–Kier alpha value is -3.58. The monoisotopic (exact) mass is 473 g/mol. The fourth-order valence-corrected chi connectivity index (χ4v) is 3.48. The summed E-state index contributed by atoms with van der Waals surface area (Å²) in [4.78, 5) is 25.8. The molecule has 0 saturated heterocycles. The first-order chi connectivity index (χ1) is 15.0. The zero-order valence-electron chi connectivity index (χ0n) is 17.1. The molecule has 0 aliphatic heterocycles. The van der Waals surface area contributed by atoms with Gasteiger partial charge in [-0.3, -0.25) is 9.78 Å². The van der Waals surface area contributed by atoms with Gasteiger partial charge in [-0.2, -0.15) is 0 Å². The summed E-state index contributed by atoms with van der Waals surface area (Å²) < 4.78 is 0.881. The summed E-state index contributed by atoms with van der Waals surface area (Å²) in [6.07, 6.45) is 5.18. The van der Waals surface area contributed by atoms with Crippen LogP contribution in [0.4, 0.5) is 17.3 Å². The number of pyridine rings is 1. The number of hydrogen-bond donors (Lipinski definition) is 2. The summed E-state index contributed by atoms with van der Waals surface area (Å²) in [5, 5.41) is 6.22. The Kier molecular flexibility index (Phi) is 6.04. The molecule has 0 aliphatic carbocycles. The molecule has 1 amide bonds. The predicted molar refractivity (Wildman–Crippen MR) is 127 cm³/mol. The Labute approximate surface area is 188 Å². The van der Waals surface area contributed by atoms with Gasteiger partial charge in [0.2, 0.25) is 5.95 Å². The zero-order valence-corrected chi connectivity index (χ0v) is 18.6. The van der Waals surface area contributed by atoms with Crippen LogP contribution in [-0.4, -0.2) is 20.9 Å². The molecular formula is C24H20BrN5O. The highest BCUT2D eigenvalue weighted by Gasteiger charge is 2.11. The van der Waals surface area contributed by atoms with Crippen molar-refractivity contribution in [3.8, 4) is 11.3 Å². The quantitative estimate of drug-likeness (QED) is 0.376. The average molecular weight is 474 g/mol. The molecule has 6 nitrogen and oxygen atoms in total. The van der Waals surface area contributed by atoms with Crippen molar-refractivity contribution in [2.24, 2.45) is 0 Å². The Balaban J connectivity index is 1.56. The number of anilines is 3. The van der Waals surface area contributed by atoms with Gasteiger partial charge in [0.1, 0.15) is 0 Å². The van der Waals surface area contributed by atoms with Gasteiger partial charge in [-0.05, 0) is 71.2 Å². The highest BCUT2D eigenvalue weighted by molar-refractivity contribution is 9.10. The molecule has 0 saturated carbocycles. The van der Waals surface area contributed by atoms with Crippen molar-refractivity contribution in [3.63, 3.8) is 0 Å². The minimum Gasteiger partial charge on any atom is -0.324 e. The predicted octanol–water partition coefficient (Wildman–Crippen LogP) is 5.91. The molecule has 0 atom stereocenters. The molecule has 0 unspecified atom stereocenters. The summed E-state index contributed by atoms with van der Waals surface area (Å²) in [5.41, 5.74) is 5.73. The Morgan fingerprint density at radius 2 is 1.81 bits per heavy atom. The third kappa shape index (κ3) is 4.95. The lowest BCUT2D eigenvalue weighted by Gasteiger charge is -2.13. The number of nitrogens with zero attached hydrogens (tertiary/aromatic N) is 3.